The normalized spacial score (nSPS) is 10.1. The standard InChI is InChI=1S/C13H20N2O2/c1-3-13(16)15(14)10-4-5-11-6-8-12(17-2)9-7-11/h6-9H,3-5,10,14H2,1-2H3. The highest BCUT2D eigenvalue weighted by atomic mass is 16.5. The van der Waals surface area contributed by atoms with E-state index in [1.165, 1.54) is 10.6 Å². The van der Waals surface area contributed by atoms with E-state index in [-0.39, 0.29) is 5.91 Å². The maximum Gasteiger partial charge on any atom is 0.236 e. The maximum absolute atomic E-state index is 11.2. The van der Waals surface area contributed by atoms with Crippen LogP contribution >= 0.6 is 0 Å². The van der Waals surface area contributed by atoms with Crippen molar-refractivity contribution in [3.63, 3.8) is 0 Å². The number of nitrogens with two attached hydrogens (primary N) is 1. The highest BCUT2D eigenvalue weighted by Gasteiger charge is 2.05. The first-order valence-corrected chi connectivity index (χ1v) is 5.85. The molecule has 1 aromatic carbocycles. The molecule has 0 heterocycles. The summed E-state index contributed by atoms with van der Waals surface area (Å²) in [6, 6.07) is 7.93. The van der Waals surface area contributed by atoms with Gasteiger partial charge in [0.2, 0.25) is 5.91 Å². The molecule has 0 saturated heterocycles. The van der Waals surface area contributed by atoms with Crippen LogP contribution in [-0.4, -0.2) is 24.6 Å². The molecule has 0 aliphatic carbocycles. The van der Waals surface area contributed by atoms with Gasteiger partial charge < -0.3 is 4.74 Å². The highest BCUT2D eigenvalue weighted by Crippen LogP contribution is 2.12. The zero-order chi connectivity index (χ0) is 12.7. The van der Waals surface area contributed by atoms with E-state index in [2.05, 4.69) is 0 Å². The molecule has 1 rings (SSSR count). The molecule has 0 unspecified atom stereocenters. The van der Waals surface area contributed by atoms with Crippen molar-refractivity contribution in [3.05, 3.63) is 29.8 Å². The predicted molar refractivity (Wildman–Crippen MR) is 67.5 cm³/mol. The van der Waals surface area contributed by atoms with Crippen molar-refractivity contribution in [1.82, 2.24) is 5.01 Å². The van der Waals surface area contributed by atoms with Crippen LogP contribution in [0.5, 0.6) is 5.75 Å². The molecule has 1 amide bonds. The lowest BCUT2D eigenvalue weighted by Gasteiger charge is -2.15. The predicted octanol–water partition coefficient (Wildman–Crippen LogP) is 1.74. The number of carbonyl (C=O) groups excluding carboxylic acids is 1. The molecule has 0 aliphatic heterocycles. The second-order valence-electron chi connectivity index (χ2n) is 3.89. The fourth-order valence-electron chi connectivity index (χ4n) is 1.57. The van der Waals surface area contributed by atoms with Crippen LogP contribution in [-0.2, 0) is 11.2 Å². The topological polar surface area (TPSA) is 55.6 Å². The van der Waals surface area contributed by atoms with Crippen molar-refractivity contribution in [1.29, 1.82) is 0 Å². The van der Waals surface area contributed by atoms with Crippen molar-refractivity contribution in [2.45, 2.75) is 26.2 Å². The van der Waals surface area contributed by atoms with Gasteiger partial charge in [0, 0.05) is 13.0 Å². The van der Waals surface area contributed by atoms with Gasteiger partial charge in [-0.15, -0.1) is 0 Å². The molecule has 4 heteroatoms. The van der Waals surface area contributed by atoms with Crippen molar-refractivity contribution < 1.29 is 9.53 Å². The summed E-state index contributed by atoms with van der Waals surface area (Å²) in [5.41, 5.74) is 1.23. The Morgan fingerprint density at radius 2 is 2.00 bits per heavy atom. The number of benzene rings is 1. The fraction of sp³-hybridized carbons (Fsp3) is 0.462. The van der Waals surface area contributed by atoms with Crippen molar-refractivity contribution >= 4 is 5.91 Å². The number of hydrogen-bond donors (Lipinski definition) is 1. The lowest BCUT2D eigenvalue weighted by Crippen LogP contribution is -2.37. The molecule has 0 atom stereocenters. The smallest absolute Gasteiger partial charge is 0.236 e. The Balaban J connectivity index is 2.33. The summed E-state index contributed by atoms with van der Waals surface area (Å²) in [5.74, 6) is 6.44. The first-order chi connectivity index (χ1) is 8.17. The Hall–Kier alpha value is -1.55. The second-order valence-corrected chi connectivity index (χ2v) is 3.89. The Bertz CT molecular complexity index is 349. The van der Waals surface area contributed by atoms with Crippen LogP contribution in [0.3, 0.4) is 0 Å². The number of hydrazine groups is 1. The molecular formula is C13H20N2O2. The Labute approximate surface area is 102 Å². The van der Waals surface area contributed by atoms with Gasteiger partial charge in [0.05, 0.1) is 7.11 Å². The Morgan fingerprint density at radius 1 is 1.35 bits per heavy atom. The van der Waals surface area contributed by atoms with Crippen LogP contribution in [0.4, 0.5) is 0 Å². The van der Waals surface area contributed by atoms with Gasteiger partial charge in [-0.25, -0.2) is 5.84 Å². The van der Waals surface area contributed by atoms with Crippen LogP contribution in [0.1, 0.15) is 25.3 Å². The summed E-state index contributed by atoms with van der Waals surface area (Å²) < 4.78 is 5.08. The van der Waals surface area contributed by atoms with Gasteiger partial charge in [-0.1, -0.05) is 19.1 Å². The molecule has 0 spiro atoms. The minimum Gasteiger partial charge on any atom is -0.497 e. The van der Waals surface area contributed by atoms with E-state index in [1.807, 2.05) is 31.2 Å². The van der Waals surface area contributed by atoms with Crippen molar-refractivity contribution in [3.8, 4) is 5.75 Å². The monoisotopic (exact) mass is 236 g/mol. The van der Waals surface area contributed by atoms with Gasteiger partial charge in [0.15, 0.2) is 0 Å². The Morgan fingerprint density at radius 3 is 2.53 bits per heavy atom. The average Bonchev–Trinajstić information content (AvgIpc) is 2.38. The van der Waals surface area contributed by atoms with E-state index in [1.54, 1.807) is 7.11 Å². The van der Waals surface area contributed by atoms with Crippen LogP contribution in [0.25, 0.3) is 0 Å². The zero-order valence-electron chi connectivity index (χ0n) is 10.5. The number of rotatable bonds is 6. The minimum atomic E-state index is -0.0141. The molecule has 1 aromatic rings. The summed E-state index contributed by atoms with van der Waals surface area (Å²) in [6.45, 7) is 2.41. The van der Waals surface area contributed by atoms with Crippen molar-refractivity contribution in [2.75, 3.05) is 13.7 Å². The van der Waals surface area contributed by atoms with Crippen LogP contribution < -0.4 is 10.6 Å². The molecule has 4 nitrogen and oxygen atoms in total. The molecule has 2 N–H and O–H groups in total. The van der Waals surface area contributed by atoms with Gasteiger partial charge in [-0.05, 0) is 30.5 Å². The quantitative estimate of drug-likeness (QED) is 0.465. The second kappa shape index (κ2) is 6.91. The van der Waals surface area contributed by atoms with E-state index in [0.29, 0.717) is 13.0 Å². The molecule has 94 valence electrons. The fourth-order valence-corrected chi connectivity index (χ4v) is 1.57. The number of amides is 1. The molecule has 0 radical (unpaired) electrons. The SMILES string of the molecule is CCC(=O)N(N)CCCc1ccc(OC)cc1. The average molecular weight is 236 g/mol. The summed E-state index contributed by atoms with van der Waals surface area (Å²) in [4.78, 5) is 11.2. The number of ether oxygens (including phenoxy) is 1. The van der Waals surface area contributed by atoms with Crippen LogP contribution in [0.15, 0.2) is 24.3 Å². The first-order valence-electron chi connectivity index (χ1n) is 5.85. The molecule has 0 bridgehead atoms. The van der Waals surface area contributed by atoms with E-state index in [9.17, 15) is 4.79 Å². The molecule has 0 aromatic heterocycles. The molecule has 17 heavy (non-hydrogen) atoms. The number of methoxy groups -OCH3 is 1. The molecule has 0 fully saturated rings. The largest absolute Gasteiger partial charge is 0.497 e. The van der Waals surface area contributed by atoms with Gasteiger partial charge in [0.25, 0.3) is 0 Å². The third kappa shape index (κ3) is 4.44. The number of nitrogens with zero attached hydrogens (tertiary/aromatic N) is 1. The third-order valence-electron chi connectivity index (χ3n) is 2.65. The summed E-state index contributed by atoms with van der Waals surface area (Å²) in [6.07, 6.45) is 2.24. The van der Waals surface area contributed by atoms with Gasteiger partial charge in [-0.3, -0.25) is 9.80 Å². The number of aryl methyl sites for hydroxylation is 1. The van der Waals surface area contributed by atoms with Crippen LogP contribution in [0.2, 0.25) is 0 Å². The number of hydrogen-bond acceptors (Lipinski definition) is 3. The van der Waals surface area contributed by atoms with E-state index in [0.717, 1.165) is 18.6 Å². The van der Waals surface area contributed by atoms with Gasteiger partial charge in [0.1, 0.15) is 5.75 Å². The van der Waals surface area contributed by atoms with Gasteiger partial charge >= 0.3 is 0 Å². The molecular weight excluding hydrogens is 216 g/mol. The van der Waals surface area contributed by atoms with Crippen LogP contribution in [0, 0.1) is 0 Å². The first kappa shape index (κ1) is 13.5. The lowest BCUT2D eigenvalue weighted by atomic mass is 10.1. The molecule has 0 aliphatic rings. The van der Waals surface area contributed by atoms with E-state index >= 15 is 0 Å². The summed E-state index contributed by atoms with van der Waals surface area (Å²) in [7, 11) is 1.65. The summed E-state index contributed by atoms with van der Waals surface area (Å²) in [5, 5.41) is 1.30. The van der Waals surface area contributed by atoms with E-state index in [4.69, 9.17) is 10.6 Å². The van der Waals surface area contributed by atoms with Crippen molar-refractivity contribution in [2.24, 2.45) is 5.84 Å². The van der Waals surface area contributed by atoms with E-state index < -0.39 is 0 Å². The molecule has 0 saturated carbocycles. The minimum absolute atomic E-state index is 0.0141. The van der Waals surface area contributed by atoms with Gasteiger partial charge in [-0.2, -0.15) is 0 Å². The highest BCUT2D eigenvalue weighted by molar-refractivity contribution is 5.75. The maximum atomic E-state index is 11.2. The third-order valence-corrected chi connectivity index (χ3v) is 2.65. The Kier molecular flexibility index (Phi) is 5.49. The lowest BCUT2D eigenvalue weighted by molar-refractivity contribution is -0.131. The zero-order valence-corrected chi connectivity index (χ0v) is 10.5. The number of carbonyl (C=O) groups is 1. The summed E-state index contributed by atoms with van der Waals surface area (Å²) >= 11 is 0.